The Kier molecular flexibility index (Phi) is 3.72. The molecule has 0 unspecified atom stereocenters. The summed E-state index contributed by atoms with van der Waals surface area (Å²) >= 11 is 3.55. The third-order valence-corrected chi connectivity index (χ3v) is 4.18. The van der Waals surface area contributed by atoms with Gasteiger partial charge in [0.2, 0.25) is 0 Å². The zero-order valence-electron chi connectivity index (χ0n) is 12.3. The molecule has 0 radical (unpaired) electrons. The third kappa shape index (κ3) is 2.81. The van der Waals surface area contributed by atoms with E-state index in [2.05, 4.69) is 38.4 Å². The number of rotatable bonds is 3. The highest BCUT2D eigenvalue weighted by Crippen LogP contribution is 2.25. The molecule has 0 saturated carbocycles. The number of aryl methyl sites for hydroxylation is 1. The lowest BCUT2D eigenvalue weighted by atomic mass is 10.1. The van der Waals surface area contributed by atoms with Crippen LogP contribution in [-0.4, -0.2) is 15.5 Å². The summed E-state index contributed by atoms with van der Waals surface area (Å²) in [7, 11) is 0. The van der Waals surface area contributed by atoms with Crippen LogP contribution < -0.4 is 4.74 Å². The number of hydrogen-bond donors (Lipinski definition) is 0. The first-order valence-corrected chi connectivity index (χ1v) is 7.75. The summed E-state index contributed by atoms with van der Waals surface area (Å²) in [5, 5.41) is 0. The maximum absolute atomic E-state index is 5.67. The Hall–Kier alpha value is -1.81. The summed E-state index contributed by atoms with van der Waals surface area (Å²) in [6, 6.07) is 12.1. The van der Waals surface area contributed by atoms with E-state index in [0.29, 0.717) is 0 Å². The first-order valence-electron chi connectivity index (χ1n) is 6.96. The number of nitrogens with zero attached hydrogens (tertiary/aromatic N) is 2. The van der Waals surface area contributed by atoms with Gasteiger partial charge in [0.05, 0.1) is 11.8 Å². The van der Waals surface area contributed by atoms with Crippen LogP contribution in [0.3, 0.4) is 0 Å². The monoisotopic (exact) mass is 344 g/mol. The Balaban J connectivity index is 1.98. The standard InChI is InChI=1S/C17H17BrN2O/c1-11(2)21-14-6-4-13(5-7-14)16-10-20-12(3)15(18)8-9-17(20)19-16/h4-11H,1-3H3. The predicted molar refractivity (Wildman–Crippen MR) is 88.8 cm³/mol. The number of aromatic nitrogens is 2. The molecule has 0 amide bonds. The van der Waals surface area contributed by atoms with Gasteiger partial charge in [0.15, 0.2) is 0 Å². The first-order chi connectivity index (χ1) is 10.0. The van der Waals surface area contributed by atoms with Gasteiger partial charge in [-0.15, -0.1) is 0 Å². The van der Waals surface area contributed by atoms with E-state index in [0.717, 1.165) is 32.8 Å². The Morgan fingerprint density at radius 1 is 1.10 bits per heavy atom. The third-order valence-electron chi connectivity index (χ3n) is 3.34. The molecule has 108 valence electrons. The molecule has 0 spiro atoms. The summed E-state index contributed by atoms with van der Waals surface area (Å²) in [5.41, 5.74) is 4.15. The smallest absolute Gasteiger partial charge is 0.137 e. The second-order valence-corrected chi connectivity index (χ2v) is 6.17. The molecule has 21 heavy (non-hydrogen) atoms. The van der Waals surface area contributed by atoms with Gasteiger partial charge in [-0.1, -0.05) is 0 Å². The van der Waals surface area contributed by atoms with Crippen molar-refractivity contribution in [1.29, 1.82) is 0 Å². The number of hydrogen-bond acceptors (Lipinski definition) is 2. The first kappa shape index (κ1) is 14.1. The molecule has 2 heterocycles. The maximum atomic E-state index is 5.67. The average Bonchev–Trinajstić information content (AvgIpc) is 2.88. The molecule has 2 aromatic heterocycles. The zero-order valence-corrected chi connectivity index (χ0v) is 13.9. The van der Waals surface area contributed by atoms with Gasteiger partial charge in [-0.25, -0.2) is 4.98 Å². The molecule has 0 saturated heterocycles. The van der Waals surface area contributed by atoms with Gasteiger partial charge in [-0.05, 0) is 73.1 Å². The molecule has 0 fully saturated rings. The van der Waals surface area contributed by atoms with Crippen LogP contribution in [0.2, 0.25) is 0 Å². The predicted octanol–water partition coefficient (Wildman–Crippen LogP) is 4.86. The van der Waals surface area contributed by atoms with E-state index in [-0.39, 0.29) is 6.10 Å². The summed E-state index contributed by atoms with van der Waals surface area (Å²) in [6.45, 7) is 6.12. The van der Waals surface area contributed by atoms with E-state index >= 15 is 0 Å². The topological polar surface area (TPSA) is 26.5 Å². The van der Waals surface area contributed by atoms with Crippen molar-refractivity contribution >= 4 is 21.6 Å². The van der Waals surface area contributed by atoms with Crippen molar-refractivity contribution in [2.45, 2.75) is 26.9 Å². The molecule has 3 aromatic rings. The van der Waals surface area contributed by atoms with Crippen LogP contribution >= 0.6 is 15.9 Å². The molecule has 0 aliphatic rings. The fourth-order valence-corrected chi connectivity index (χ4v) is 2.60. The van der Waals surface area contributed by atoms with Crippen LogP contribution in [0.5, 0.6) is 5.75 Å². The highest BCUT2D eigenvalue weighted by atomic mass is 79.9. The maximum Gasteiger partial charge on any atom is 0.137 e. The molecule has 4 heteroatoms. The van der Waals surface area contributed by atoms with Gasteiger partial charge in [0, 0.05) is 21.9 Å². The van der Waals surface area contributed by atoms with Crippen LogP contribution in [0.4, 0.5) is 0 Å². The summed E-state index contributed by atoms with van der Waals surface area (Å²) < 4.78 is 8.85. The zero-order chi connectivity index (χ0) is 15.0. The number of pyridine rings is 1. The van der Waals surface area contributed by atoms with Crippen molar-refractivity contribution in [1.82, 2.24) is 9.38 Å². The molecule has 3 rings (SSSR count). The average molecular weight is 345 g/mol. The van der Waals surface area contributed by atoms with Crippen molar-refractivity contribution in [3.63, 3.8) is 0 Å². The number of halogens is 1. The Labute approximate surface area is 132 Å². The lowest BCUT2D eigenvalue weighted by Gasteiger charge is -2.09. The Morgan fingerprint density at radius 2 is 1.81 bits per heavy atom. The largest absolute Gasteiger partial charge is 0.491 e. The lowest BCUT2D eigenvalue weighted by Crippen LogP contribution is -2.05. The Morgan fingerprint density at radius 3 is 2.48 bits per heavy atom. The normalized spacial score (nSPS) is 11.3. The SMILES string of the molecule is Cc1c(Br)ccc2nc(-c3ccc(OC(C)C)cc3)cn12. The van der Waals surface area contributed by atoms with Crippen molar-refractivity contribution in [3.05, 3.63) is 52.8 Å². The summed E-state index contributed by atoms with van der Waals surface area (Å²) in [6.07, 6.45) is 2.25. The molecule has 0 aliphatic carbocycles. The molecule has 0 N–H and O–H groups in total. The molecular formula is C17H17BrN2O. The minimum Gasteiger partial charge on any atom is -0.491 e. The van der Waals surface area contributed by atoms with Crippen molar-refractivity contribution < 1.29 is 4.74 Å². The molecular weight excluding hydrogens is 328 g/mol. The second-order valence-electron chi connectivity index (χ2n) is 5.31. The Bertz CT molecular complexity index is 775. The number of ether oxygens (including phenoxy) is 1. The van der Waals surface area contributed by atoms with Crippen LogP contribution in [0.15, 0.2) is 47.1 Å². The van der Waals surface area contributed by atoms with E-state index in [1.165, 1.54) is 0 Å². The number of fused-ring (bicyclic) bond motifs is 1. The van der Waals surface area contributed by atoms with Gasteiger partial charge in [0.1, 0.15) is 11.4 Å². The van der Waals surface area contributed by atoms with E-state index < -0.39 is 0 Å². The van der Waals surface area contributed by atoms with Gasteiger partial charge in [-0.2, -0.15) is 0 Å². The van der Waals surface area contributed by atoms with Crippen molar-refractivity contribution in [2.24, 2.45) is 0 Å². The van der Waals surface area contributed by atoms with Crippen LogP contribution in [0.25, 0.3) is 16.9 Å². The lowest BCUT2D eigenvalue weighted by molar-refractivity contribution is 0.242. The van der Waals surface area contributed by atoms with Gasteiger partial charge >= 0.3 is 0 Å². The van der Waals surface area contributed by atoms with Gasteiger partial charge in [0.25, 0.3) is 0 Å². The van der Waals surface area contributed by atoms with Crippen molar-refractivity contribution in [2.75, 3.05) is 0 Å². The number of benzene rings is 1. The molecule has 3 nitrogen and oxygen atoms in total. The van der Waals surface area contributed by atoms with Crippen LogP contribution in [-0.2, 0) is 0 Å². The molecule has 0 atom stereocenters. The van der Waals surface area contributed by atoms with Crippen molar-refractivity contribution in [3.8, 4) is 17.0 Å². The minimum absolute atomic E-state index is 0.186. The highest BCUT2D eigenvalue weighted by molar-refractivity contribution is 9.10. The molecule has 0 aliphatic heterocycles. The van der Waals surface area contributed by atoms with E-state index in [1.54, 1.807) is 0 Å². The molecule has 1 aromatic carbocycles. The van der Waals surface area contributed by atoms with E-state index in [1.807, 2.05) is 50.2 Å². The van der Waals surface area contributed by atoms with Crippen LogP contribution in [0, 0.1) is 6.92 Å². The fraction of sp³-hybridized carbons (Fsp3) is 0.235. The van der Waals surface area contributed by atoms with E-state index in [4.69, 9.17) is 4.74 Å². The van der Waals surface area contributed by atoms with E-state index in [9.17, 15) is 0 Å². The van der Waals surface area contributed by atoms with Crippen LogP contribution in [0.1, 0.15) is 19.5 Å². The van der Waals surface area contributed by atoms with Gasteiger partial charge < -0.3 is 9.14 Å². The summed E-state index contributed by atoms with van der Waals surface area (Å²) in [5.74, 6) is 0.886. The quantitative estimate of drug-likeness (QED) is 0.678. The molecule has 0 bridgehead atoms. The van der Waals surface area contributed by atoms with Gasteiger partial charge in [-0.3, -0.25) is 0 Å². The number of imidazole rings is 1. The minimum atomic E-state index is 0.186. The second kappa shape index (κ2) is 5.53. The summed E-state index contributed by atoms with van der Waals surface area (Å²) in [4.78, 5) is 4.68. The highest BCUT2D eigenvalue weighted by Gasteiger charge is 2.08. The fourth-order valence-electron chi connectivity index (χ4n) is 2.28.